The molecule has 0 amide bonds. The van der Waals surface area contributed by atoms with Crippen molar-refractivity contribution in [3.8, 4) is 89.5 Å². The van der Waals surface area contributed by atoms with Crippen LogP contribution in [0, 0.1) is 12.1 Å². The van der Waals surface area contributed by atoms with Gasteiger partial charge in [-0.05, 0) is 103 Å². The average molecular weight is 1100 g/mol. The fraction of sp³-hybridized carbons (Fsp3) is 0. The Morgan fingerprint density at radius 1 is 0.333 bits per heavy atom. The number of hydrogen-bond donors (Lipinski definition) is 0. The van der Waals surface area contributed by atoms with Crippen LogP contribution in [0.1, 0.15) is 0 Å². The van der Waals surface area contributed by atoms with E-state index in [0.717, 1.165) is 94.4 Å². The summed E-state index contributed by atoms with van der Waals surface area (Å²) in [6, 6.07) is 92.5. The Morgan fingerprint density at radius 2 is 0.875 bits per heavy atom. The minimum Gasteiger partial charge on any atom is -0.501 e. The van der Waals surface area contributed by atoms with E-state index in [4.69, 9.17) is 14.4 Å². The fourth-order valence-corrected chi connectivity index (χ4v) is 9.20. The zero-order chi connectivity index (χ0) is 47.3. The Morgan fingerprint density at radius 3 is 1.53 bits per heavy atom. The van der Waals surface area contributed by atoms with Crippen LogP contribution in [0.2, 0.25) is 0 Å². The van der Waals surface area contributed by atoms with Crippen LogP contribution < -0.4 is 0 Å². The van der Waals surface area contributed by atoms with Crippen molar-refractivity contribution in [2.45, 2.75) is 0 Å². The van der Waals surface area contributed by atoms with Crippen molar-refractivity contribution < 1.29 is 24.5 Å². The molecule has 0 spiro atoms. The molecule has 0 aliphatic carbocycles. The molecule has 0 saturated heterocycles. The predicted molar refractivity (Wildman–Crippen MR) is 292 cm³/mol. The molecule has 9 aromatic carbocycles. The molecule has 13 aromatic rings. The number of furan rings is 1. The summed E-state index contributed by atoms with van der Waals surface area (Å²) in [5.74, 6) is 0. The van der Waals surface area contributed by atoms with Crippen molar-refractivity contribution in [3.05, 3.63) is 273 Å². The number of rotatable bonds is 8. The molecule has 1 radical (unpaired) electrons. The molecule has 5 heteroatoms. The van der Waals surface area contributed by atoms with Crippen molar-refractivity contribution in [1.82, 2.24) is 15.0 Å². The average Bonchev–Trinajstić information content (AvgIpc) is 3.84. The molecule has 0 bridgehead atoms. The number of pyridine rings is 3. The maximum Gasteiger partial charge on any atom is 0.120 e. The summed E-state index contributed by atoms with van der Waals surface area (Å²) in [5, 5.41) is 4.33. The first-order valence-corrected chi connectivity index (χ1v) is 23.7. The van der Waals surface area contributed by atoms with Crippen molar-refractivity contribution >= 4 is 32.7 Å². The Bertz CT molecular complexity index is 3900. The number of nitrogens with zero attached hydrogens (tertiary/aromatic N) is 3. The maximum atomic E-state index is 6.44. The van der Waals surface area contributed by atoms with Crippen molar-refractivity contribution in [2.75, 3.05) is 0 Å². The quantitative estimate of drug-likeness (QED) is 0.142. The van der Waals surface area contributed by atoms with Gasteiger partial charge in [0, 0.05) is 49.0 Å². The summed E-state index contributed by atoms with van der Waals surface area (Å²) < 4.78 is 6.44. The van der Waals surface area contributed by atoms with E-state index < -0.39 is 0 Å². The van der Waals surface area contributed by atoms with Crippen molar-refractivity contribution in [3.63, 3.8) is 0 Å². The minimum atomic E-state index is 0. The summed E-state index contributed by atoms with van der Waals surface area (Å²) in [4.78, 5) is 14.4. The third-order valence-corrected chi connectivity index (χ3v) is 12.9. The van der Waals surface area contributed by atoms with Gasteiger partial charge in [0.05, 0.1) is 17.0 Å². The number of aromatic nitrogens is 3. The van der Waals surface area contributed by atoms with Gasteiger partial charge in [0.1, 0.15) is 5.58 Å². The Balaban J connectivity index is 0.000000161. The molecule has 72 heavy (non-hydrogen) atoms. The van der Waals surface area contributed by atoms with Gasteiger partial charge in [0.15, 0.2) is 0 Å². The molecule has 0 aliphatic heterocycles. The summed E-state index contributed by atoms with van der Waals surface area (Å²) >= 11 is 0. The van der Waals surface area contributed by atoms with E-state index in [9.17, 15) is 0 Å². The van der Waals surface area contributed by atoms with Crippen LogP contribution in [0.3, 0.4) is 0 Å². The number of fused-ring (bicyclic) bond motifs is 4. The smallest absolute Gasteiger partial charge is 0.120 e. The molecule has 0 saturated carbocycles. The largest absolute Gasteiger partial charge is 0.501 e. The topological polar surface area (TPSA) is 51.8 Å². The fourth-order valence-electron chi connectivity index (χ4n) is 9.20. The monoisotopic (exact) mass is 1100 g/mol. The second-order valence-corrected chi connectivity index (χ2v) is 17.4. The SMILES string of the molecule is [Ir].[c-]1ccc2c(oc3ccc(-c4cc(-c5ccccc5)cc(-c5ccccc5)n4)cc32)c1-c1cc2ccccc2cn1.[c-]1ccccc1-c1cc(-c2ccc(-c3ccc(-c4ccccc4)cc3)cc2)ccn1. The predicted octanol–water partition coefficient (Wildman–Crippen LogP) is 17.5. The Hall–Kier alpha value is -8.86. The first kappa shape index (κ1) is 45.6. The molecule has 0 fully saturated rings. The van der Waals surface area contributed by atoms with Gasteiger partial charge in [-0.3, -0.25) is 0 Å². The third-order valence-electron chi connectivity index (χ3n) is 12.9. The summed E-state index contributed by atoms with van der Waals surface area (Å²) in [7, 11) is 0. The molecule has 0 atom stereocenters. The molecule has 343 valence electrons. The Labute approximate surface area is 432 Å². The van der Waals surface area contributed by atoms with Gasteiger partial charge in [0.25, 0.3) is 0 Å². The van der Waals surface area contributed by atoms with E-state index in [1.807, 2.05) is 79.1 Å². The van der Waals surface area contributed by atoms with Gasteiger partial charge in [-0.2, -0.15) is 0 Å². The van der Waals surface area contributed by atoms with Gasteiger partial charge in [0.2, 0.25) is 0 Å². The van der Waals surface area contributed by atoms with Crippen LogP contribution in [0.4, 0.5) is 0 Å². The van der Waals surface area contributed by atoms with Crippen LogP contribution in [0.15, 0.2) is 266 Å². The molecule has 4 aromatic heterocycles. The van der Waals surface area contributed by atoms with Crippen molar-refractivity contribution in [2.24, 2.45) is 0 Å². The van der Waals surface area contributed by atoms with E-state index in [-0.39, 0.29) is 20.1 Å². The van der Waals surface area contributed by atoms with E-state index in [1.54, 1.807) is 0 Å². The summed E-state index contributed by atoms with van der Waals surface area (Å²) in [5.41, 5.74) is 18.8. The Kier molecular flexibility index (Phi) is 13.1. The van der Waals surface area contributed by atoms with E-state index >= 15 is 0 Å². The zero-order valence-corrected chi connectivity index (χ0v) is 41.3. The summed E-state index contributed by atoms with van der Waals surface area (Å²) in [6.45, 7) is 0. The number of hydrogen-bond acceptors (Lipinski definition) is 4. The van der Waals surface area contributed by atoms with Crippen molar-refractivity contribution in [1.29, 1.82) is 0 Å². The molecule has 0 N–H and O–H groups in total. The van der Waals surface area contributed by atoms with Crippen LogP contribution in [-0.2, 0) is 20.1 Å². The number of benzene rings is 9. The van der Waals surface area contributed by atoms with Gasteiger partial charge >= 0.3 is 0 Å². The molecule has 0 aliphatic rings. The molecular formula is C67H43IrN3O-2. The van der Waals surface area contributed by atoms with Gasteiger partial charge in [-0.25, -0.2) is 4.98 Å². The van der Waals surface area contributed by atoms with Crippen LogP contribution in [0.25, 0.3) is 122 Å². The van der Waals surface area contributed by atoms with Gasteiger partial charge in [-0.1, -0.05) is 187 Å². The van der Waals surface area contributed by atoms with E-state index in [1.165, 1.54) is 27.8 Å². The molecular weight excluding hydrogens is 1050 g/mol. The maximum absolute atomic E-state index is 6.44. The van der Waals surface area contributed by atoms with Crippen LogP contribution in [0.5, 0.6) is 0 Å². The molecule has 4 nitrogen and oxygen atoms in total. The second-order valence-electron chi connectivity index (χ2n) is 17.4. The normalized spacial score (nSPS) is 10.9. The minimum absolute atomic E-state index is 0. The van der Waals surface area contributed by atoms with E-state index in [2.05, 4.69) is 199 Å². The summed E-state index contributed by atoms with van der Waals surface area (Å²) in [6.07, 6.45) is 3.77. The first-order valence-electron chi connectivity index (χ1n) is 23.7. The zero-order valence-electron chi connectivity index (χ0n) is 38.9. The third kappa shape index (κ3) is 9.55. The molecule has 13 rings (SSSR count). The van der Waals surface area contributed by atoms with Gasteiger partial charge < -0.3 is 14.4 Å². The standard InChI is InChI=1S/C38H23N2O.C29H20N.Ir/c1-3-10-25(11-4-1)30-22-34(26-12-5-2-6-13-26)40-35(23-30)28-18-19-37-33(20-28)31-16-9-17-32(38(31)41-37)36-21-27-14-7-8-15-29(27)24-39-36;1-3-7-22(8-4-1)23-11-13-24(14-12-23)25-15-17-26(18-16-25)28-19-20-30-29(21-28)27-9-5-2-6-10-27;/h1-16,18-24H;1-9,11-21H;/q2*-1;. The van der Waals surface area contributed by atoms with Gasteiger partial charge in [-0.15, -0.1) is 54.1 Å². The van der Waals surface area contributed by atoms with E-state index in [0.29, 0.717) is 0 Å². The van der Waals surface area contributed by atoms with Crippen LogP contribution in [-0.4, -0.2) is 15.0 Å². The molecule has 4 heterocycles. The second kappa shape index (κ2) is 20.6. The van der Waals surface area contributed by atoms with Crippen LogP contribution >= 0.6 is 0 Å². The first-order chi connectivity index (χ1) is 35.2. The molecule has 0 unspecified atom stereocenters.